The predicted octanol–water partition coefficient (Wildman–Crippen LogP) is 3.06. The van der Waals surface area contributed by atoms with E-state index in [1.165, 1.54) is 0 Å². The summed E-state index contributed by atoms with van der Waals surface area (Å²) in [7, 11) is 3.25. The molecule has 2 aliphatic rings. The van der Waals surface area contributed by atoms with E-state index in [4.69, 9.17) is 9.47 Å². The Morgan fingerprint density at radius 1 is 1.24 bits per heavy atom. The summed E-state index contributed by atoms with van der Waals surface area (Å²) in [5, 5.41) is 0. The van der Waals surface area contributed by atoms with E-state index in [0.29, 0.717) is 31.7 Å². The summed E-state index contributed by atoms with van der Waals surface area (Å²) >= 11 is 0. The first-order chi connectivity index (χ1) is 11.9. The number of rotatable bonds is 4. The molecule has 136 valence electrons. The smallest absolute Gasteiger partial charge is 0.229 e. The van der Waals surface area contributed by atoms with Crippen LogP contribution in [-0.4, -0.2) is 37.4 Å². The monoisotopic (exact) mass is 345 g/mol. The molecule has 5 heteroatoms. The van der Waals surface area contributed by atoms with Crippen LogP contribution in [-0.2, 0) is 16.1 Å². The SMILES string of the molecule is COc1ccc(CN2CCC3C(C)C(=O)CCC3(C)C2=O)c(OC)c1. The second-order valence-electron chi connectivity index (χ2n) is 7.47. The van der Waals surface area contributed by atoms with Gasteiger partial charge in [0.2, 0.25) is 5.91 Å². The molecular formula is C20H27NO4. The fourth-order valence-corrected chi connectivity index (χ4v) is 4.50. The summed E-state index contributed by atoms with van der Waals surface area (Å²) in [6, 6.07) is 5.68. The second-order valence-corrected chi connectivity index (χ2v) is 7.47. The highest BCUT2D eigenvalue weighted by atomic mass is 16.5. The van der Waals surface area contributed by atoms with Crippen LogP contribution in [0.25, 0.3) is 0 Å². The molecule has 3 unspecified atom stereocenters. The standard InChI is InChI=1S/C20H27NO4/c1-13-16-8-10-21(19(23)20(16,2)9-7-17(13)22)12-14-5-6-15(24-3)11-18(14)25-4/h5-6,11,13,16H,7-10,12H2,1-4H3. The average molecular weight is 345 g/mol. The van der Waals surface area contributed by atoms with Crippen molar-refractivity contribution < 1.29 is 19.1 Å². The Kier molecular flexibility index (Phi) is 4.76. The topological polar surface area (TPSA) is 55.8 Å². The van der Waals surface area contributed by atoms with Crippen molar-refractivity contribution in [2.24, 2.45) is 17.3 Å². The number of Topliss-reactive ketones (excluding diaryl/α,β-unsaturated/α-hetero) is 1. The number of piperidine rings is 1. The van der Waals surface area contributed by atoms with Crippen molar-refractivity contribution in [2.45, 2.75) is 39.7 Å². The van der Waals surface area contributed by atoms with Crippen LogP contribution in [0, 0.1) is 17.3 Å². The third-order valence-corrected chi connectivity index (χ3v) is 6.16. The number of carbonyl (C=O) groups excluding carboxylic acids is 2. The summed E-state index contributed by atoms with van der Waals surface area (Å²) in [5.74, 6) is 2.08. The number of amides is 1. The average Bonchev–Trinajstić information content (AvgIpc) is 2.62. The molecule has 25 heavy (non-hydrogen) atoms. The van der Waals surface area contributed by atoms with Gasteiger partial charge in [-0.05, 0) is 30.9 Å². The van der Waals surface area contributed by atoms with Crippen LogP contribution in [0.3, 0.4) is 0 Å². The molecule has 2 fully saturated rings. The lowest BCUT2D eigenvalue weighted by atomic mass is 9.59. The molecule has 0 spiro atoms. The molecule has 1 saturated heterocycles. The van der Waals surface area contributed by atoms with Crippen molar-refractivity contribution in [3.05, 3.63) is 23.8 Å². The molecule has 1 saturated carbocycles. The predicted molar refractivity (Wildman–Crippen MR) is 94.6 cm³/mol. The number of hydrogen-bond acceptors (Lipinski definition) is 4. The van der Waals surface area contributed by atoms with Crippen molar-refractivity contribution >= 4 is 11.7 Å². The summed E-state index contributed by atoms with van der Waals surface area (Å²) in [6.45, 7) is 5.24. The molecule has 1 aromatic rings. The van der Waals surface area contributed by atoms with Crippen molar-refractivity contribution in [3.63, 3.8) is 0 Å². The first-order valence-corrected chi connectivity index (χ1v) is 8.93. The van der Waals surface area contributed by atoms with Crippen LogP contribution >= 0.6 is 0 Å². The number of benzene rings is 1. The van der Waals surface area contributed by atoms with Crippen molar-refractivity contribution in [3.8, 4) is 11.5 Å². The minimum Gasteiger partial charge on any atom is -0.497 e. The summed E-state index contributed by atoms with van der Waals surface area (Å²) < 4.78 is 10.7. The normalized spacial score (nSPS) is 29.4. The zero-order valence-corrected chi connectivity index (χ0v) is 15.5. The molecule has 1 aliphatic heterocycles. The molecule has 1 heterocycles. The van der Waals surface area contributed by atoms with Gasteiger partial charge in [-0.3, -0.25) is 9.59 Å². The Labute approximate surface area is 149 Å². The molecule has 5 nitrogen and oxygen atoms in total. The molecule has 3 atom stereocenters. The number of ketones is 1. The fourth-order valence-electron chi connectivity index (χ4n) is 4.50. The van der Waals surface area contributed by atoms with Crippen LogP contribution in [0.2, 0.25) is 0 Å². The zero-order chi connectivity index (χ0) is 18.2. The molecule has 0 N–H and O–H groups in total. The molecule has 1 aliphatic carbocycles. The van der Waals surface area contributed by atoms with Gasteiger partial charge in [0.15, 0.2) is 0 Å². The van der Waals surface area contributed by atoms with E-state index >= 15 is 0 Å². The molecule has 1 aromatic carbocycles. The van der Waals surface area contributed by atoms with Crippen LogP contribution in [0.4, 0.5) is 0 Å². The second kappa shape index (κ2) is 6.70. The minimum atomic E-state index is -0.425. The molecule has 0 radical (unpaired) electrons. The van der Waals surface area contributed by atoms with E-state index in [0.717, 1.165) is 23.5 Å². The highest BCUT2D eigenvalue weighted by molar-refractivity contribution is 5.89. The lowest BCUT2D eigenvalue weighted by Crippen LogP contribution is -2.56. The van der Waals surface area contributed by atoms with Crippen LogP contribution < -0.4 is 9.47 Å². The molecule has 3 rings (SSSR count). The van der Waals surface area contributed by atoms with Crippen LogP contribution in [0.1, 0.15) is 38.7 Å². The number of ether oxygens (including phenoxy) is 2. The molecule has 0 bridgehead atoms. The summed E-state index contributed by atoms with van der Waals surface area (Å²) in [4.78, 5) is 27.2. The quantitative estimate of drug-likeness (QED) is 0.842. The first-order valence-electron chi connectivity index (χ1n) is 8.93. The number of fused-ring (bicyclic) bond motifs is 1. The Balaban J connectivity index is 1.82. The van der Waals surface area contributed by atoms with E-state index in [1.54, 1.807) is 14.2 Å². The van der Waals surface area contributed by atoms with Crippen molar-refractivity contribution in [1.29, 1.82) is 0 Å². The van der Waals surface area contributed by atoms with Gasteiger partial charge in [0.25, 0.3) is 0 Å². The van der Waals surface area contributed by atoms with Gasteiger partial charge < -0.3 is 14.4 Å². The lowest BCUT2D eigenvalue weighted by Gasteiger charge is -2.49. The largest absolute Gasteiger partial charge is 0.497 e. The van der Waals surface area contributed by atoms with E-state index < -0.39 is 5.41 Å². The maximum Gasteiger partial charge on any atom is 0.229 e. The molecule has 0 aromatic heterocycles. The number of likely N-dealkylation sites (tertiary alicyclic amines) is 1. The van der Waals surface area contributed by atoms with Gasteiger partial charge in [-0.15, -0.1) is 0 Å². The van der Waals surface area contributed by atoms with Gasteiger partial charge in [-0.25, -0.2) is 0 Å². The maximum absolute atomic E-state index is 13.2. The van der Waals surface area contributed by atoms with E-state index in [1.807, 2.05) is 36.9 Å². The van der Waals surface area contributed by atoms with Gasteiger partial charge in [0, 0.05) is 37.1 Å². The zero-order valence-electron chi connectivity index (χ0n) is 15.5. The summed E-state index contributed by atoms with van der Waals surface area (Å²) in [6.07, 6.45) is 2.06. The molecular weight excluding hydrogens is 318 g/mol. The van der Waals surface area contributed by atoms with E-state index in [2.05, 4.69) is 0 Å². The van der Waals surface area contributed by atoms with Crippen molar-refractivity contribution in [2.75, 3.05) is 20.8 Å². The molecule has 1 amide bonds. The first kappa shape index (κ1) is 17.8. The van der Waals surface area contributed by atoms with Crippen molar-refractivity contribution in [1.82, 2.24) is 4.90 Å². The van der Waals surface area contributed by atoms with Gasteiger partial charge in [-0.2, -0.15) is 0 Å². The Bertz CT molecular complexity index is 686. The van der Waals surface area contributed by atoms with E-state index in [9.17, 15) is 9.59 Å². The minimum absolute atomic E-state index is 0.0135. The highest BCUT2D eigenvalue weighted by Gasteiger charge is 2.52. The van der Waals surface area contributed by atoms with Gasteiger partial charge in [0.05, 0.1) is 19.6 Å². The van der Waals surface area contributed by atoms with Gasteiger partial charge in [0.1, 0.15) is 17.3 Å². The lowest BCUT2D eigenvalue weighted by molar-refractivity contribution is -0.159. The Morgan fingerprint density at radius 2 is 2.00 bits per heavy atom. The number of nitrogens with zero attached hydrogens (tertiary/aromatic N) is 1. The highest BCUT2D eigenvalue weighted by Crippen LogP contribution is 2.48. The van der Waals surface area contributed by atoms with Gasteiger partial charge >= 0.3 is 0 Å². The number of carbonyl (C=O) groups is 2. The van der Waals surface area contributed by atoms with Gasteiger partial charge in [-0.1, -0.05) is 13.8 Å². The third-order valence-electron chi connectivity index (χ3n) is 6.16. The van der Waals surface area contributed by atoms with E-state index in [-0.39, 0.29) is 17.7 Å². The third kappa shape index (κ3) is 3.00. The summed E-state index contributed by atoms with van der Waals surface area (Å²) in [5.41, 5.74) is 0.546. The van der Waals surface area contributed by atoms with Crippen LogP contribution in [0.5, 0.6) is 11.5 Å². The maximum atomic E-state index is 13.2. The van der Waals surface area contributed by atoms with Crippen LogP contribution in [0.15, 0.2) is 18.2 Å². The Hall–Kier alpha value is -2.04. The fraction of sp³-hybridized carbons (Fsp3) is 0.600. The number of methoxy groups -OCH3 is 2. The number of hydrogen-bond donors (Lipinski definition) is 0. The Morgan fingerprint density at radius 3 is 2.68 bits per heavy atom.